The van der Waals surface area contributed by atoms with E-state index in [1.54, 1.807) is 0 Å². The highest BCUT2D eigenvalue weighted by Gasteiger charge is 2.44. The van der Waals surface area contributed by atoms with Gasteiger partial charge in [-0.3, -0.25) is 4.57 Å². The molecule has 0 radical (unpaired) electrons. The number of ether oxygens (including phenoxy) is 1. The van der Waals surface area contributed by atoms with Gasteiger partial charge in [-0.15, -0.1) is 0 Å². The summed E-state index contributed by atoms with van der Waals surface area (Å²) < 4.78 is 6.34. The third-order valence-corrected chi connectivity index (χ3v) is 2.83. The van der Waals surface area contributed by atoms with Crippen molar-refractivity contribution in [1.29, 1.82) is 5.26 Å². The highest BCUT2D eigenvalue weighted by Crippen LogP contribution is 2.32. The molecule has 1 aliphatic rings. The quantitative estimate of drug-likeness (QED) is 0.566. The lowest BCUT2D eigenvalue weighted by atomic mass is 10.0. The van der Waals surface area contributed by atoms with Crippen molar-refractivity contribution in [1.82, 2.24) is 9.55 Å². The Hall–Kier alpha value is -1.95. The molecule has 2 rings (SSSR count). The maximum absolute atomic E-state index is 11.6. The predicted molar refractivity (Wildman–Crippen MR) is 59.0 cm³/mol. The second-order valence-corrected chi connectivity index (χ2v) is 3.94. The van der Waals surface area contributed by atoms with E-state index in [-0.39, 0.29) is 5.82 Å². The van der Waals surface area contributed by atoms with E-state index in [2.05, 4.69) is 4.98 Å². The predicted octanol–water partition coefficient (Wildman–Crippen LogP) is -1.78. The Bertz CT molecular complexity index is 537. The Morgan fingerprint density at radius 3 is 2.89 bits per heavy atom. The molecule has 4 atom stereocenters. The van der Waals surface area contributed by atoms with Gasteiger partial charge in [0.2, 0.25) is 0 Å². The third-order valence-electron chi connectivity index (χ3n) is 2.83. The van der Waals surface area contributed by atoms with Gasteiger partial charge in [0.1, 0.15) is 23.9 Å². The Morgan fingerprint density at radius 1 is 1.67 bits per heavy atom. The van der Waals surface area contributed by atoms with Crippen molar-refractivity contribution < 1.29 is 14.9 Å². The van der Waals surface area contributed by atoms with Gasteiger partial charge in [-0.1, -0.05) is 0 Å². The lowest BCUT2D eigenvalue weighted by Gasteiger charge is -2.16. The van der Waals surface area contributed by atoms with E-state index in [1.807, 2.05) is 6.07 Å². The molecule has 4 unspecified atom stereocenters. The molecular weight excluding hydrogens is 240 g/mol. The first-order valence-corrected chi connectivity index (χ1v) is 5.27. The van der Waals surface area contributed by atoms with Crippen LogP contribution in [-0.2, 0) is 4.74 Å². The molecule has 8 nitrogen and oxygen atoms in total. The van der Waals surface area contributed by atoms with Gasteiger partial charge in [-0.2, -0.15) is 10.2 Å². The summed E-state index contributed by atoms with van der Waals surface area (Å²) in [7, 11) is 0. The van der Waals surface area contributed by atoms with Crippen molar-refractivity contribution in [2.24, 2.45) is 5.92 Å². The van der Waals surface area contributed by atoms with Crippen LogP contribution in [0.2, 0.25) is 0 Å². The fourth-order valence-electron chi connectivity index (χ4n) is 1.91. The van der Waals surface area contributed by atoms with Gasteiger partial charge in [-0.25, -0.2) is 4.79 Å². The van der Waals surface area contributed by atoms with Crippen LogP contribution < -0.4 is 11.4 Å². The molecule has 1 aromatic rings. The maximum atomic E-state index is 11.6. The summed E-state index contributed by atoms with van der Waals surface area (Å²) in [5.74, 6) is -0.844. The van der Waals surface area contributed by atoms with E-state index in [1.165, 1.54) is 12.3 Å². The number of hydrogen-bond acceptors (Lipinski definition) is 7. The zero-order valence-corrected chi connectivity index (χ0v) is 9.30. The number of nitrogens with zero attached hydrogens (tertiary/aromatic N) is 3. The fraction of sp³-hybridized carbons (Fsp3) is 0.500. The Morgan fingerprint density at radius 2 is 2.39 bits per heavy atom. The summed E-state index contributed by atoms with van der Waals surface area (Å²) in [5, 5.41) is 27.9. The molecule has 4 N–H and O–H groups in total. The second-order valence-electron chi connectivity index (χ2n) is 3.94. The number of aliphatic hydroxyl groups is 2. The molecule has 1 aromatic heterocycles. The number of aromatic nitrogens is 2. The molecule has 0 amide bonds. The summed E-state index contributed by atoms with van der Waals surface area (Å²) in [5.41, 5.74) is 4.66. The van der Waals surface area contributed by atoms with Crippen LogP contribution in [0.4, 0.5) is 5.82 Å². The Kier molecular flexibility index (Phi) is 3.29. The fourth-order valence-corrected chi connectivity index (χ4v) is 1.91. The highest BCUT2D eigenvalue weighted by molar-refractivity contribution is 5.23. The van der Waals surface area contributed by atoms with Gasteiger partial charge < -0.3 is 20.7 Å². The molecule has 96 valence electrons. The molecule has 1 saturated heterocycles. The molecule has 0 bridgehead atoms. The summed E-state index contributed by atoms with van der Waals surface area (Å²) in [6, 6.07) is 3.23. The van der Waals surface area contributed by atoms with Gasteiger partial charge in [-0.05, 0) is 6.07 Å². The summed E-state index contributed by atoms with van der Waals surface area (Å²) >= 11 is 0. The average Bonchev–Trinajstić information content (AvgIpc) is 2.66. The number of anilines is 1. The molecule has 0 aromatic carbocycles. The van der Waals surface area contributed by atoms with Crippen molar-refractivity contribution in [3.63, 3.8) is 0 Å². The second kappa shape index (κ2) is 4.73. The van der Waals surface area contributed by atoms with Crippen LogP contribution in [0.15, 0.2) is 17.1 Å². The summed E-state index contributed by atoms with van der Waals surface area (Å²) in [4.78, 5) is 15.1. The zero-order valence-electron chi connectivity index (χ0n) is 9.30. The Balaban J connectivity index is 2.35. The average molecular weight is 252 g/mol. The van der Waals surface area contributed by atoms with Crippen LogP contribution in [0.5, 0.6) is 0 Å². The minimum absolute atomic E-state index is 0.0549. The lowest BCUT2D eigenvalue weighted by molar-refractivity contribution is -0.0532. The van der Waals surface area contributed by atoms with Crippen LogP contribution in [0.1, 0.15) is 6.23 Å². The van der Waals surface area contributed by atoms with E-state index in [4.69, 9.17) is 20.8 Å². The minimum atomic E-state index is -1.21. The third kappa shape index (κ3) is 1.95. The van der Waals surface area contributed by atoms with Crippen LogP contribution in [-0.4, -0.2) is 38.6 Å². The van der Waals surface area contributed by atoms with Gasteiger partial charge in [0.15, 0.2) is 6.23 Å². The van der Waals surface area contributed by atoms with Crippen LogP contribution in [0.3, 0.4) is 0 Å². The summed E-state index contributed by atoms with van der Waals surface area (Å²) in [6.07, 6.45) is -1.77. The van der Waals surface area contributed by atoms with Crippen molar-refractivity contribution in [2.75, 3.05) is 12.3 Å². The van der Waals surface area contributed by atoms with E-state index in [9.17, 15) is 9.90 Å². The van der Waals surface area contributed by atoms with Crippen molar-refractivity contribution in [3.8, 4) is 6.07 Å². The molecule has 1 aliphatic heterocycles. The molecule has 0 saturated carbocycles. The van der Waals surface area contributed by atoms with Gasteiger partial charge in [0.25, 0.3) is 0 Å². The zero-order chi connectivity index (χ0) is 13.3. The standard InChI is InChI=1S/C10H12N4O4/c11-3-5-6(4-15)18-9(8(5)16)14-2-1-7(12)13-10(14)17/h1-2,5-6,8-9,15-16H,4H2,(H2,12,13,17). The first-order chi connectivity index (χ1) is 8.58. The van der Waals surface area contributed by atoms with E-state index >= 15 is 0 Å². The highest BCUT2D eigenvalue weighted by atomic mass is 16.5. The van der Waals surface area contributed by atoms with Crippen molar-refractivity contribution >= 4 is 5.82 Å². The van der Waals surface area contributed by atoms with E-state index in [0.717, 1.165) is 4.57 Å². The van der Waals surface area contributed by atoms with Crippen LogP contribution >= 0.6 is 0 Å². The molecule has 2 heterocycles. The summed E-state index contributed by atoms with van der Waals surface area (Å²) in [6.45, 7) is -0.414. The van der Waals surface area contributed by atoms with Gasteiger partial charge in [0.05, 0.1) is 12.7 Å². The smallest absolute Gasteiger partial charge is 0.351 e. The lowest BCUT2D eigenvalue weighted by Crippen LogP contribution is -2.33. The molecule has 1 fully saturated rings. The monoisotopic (exact) mass is 252 g/mol. The first kappa shape index (κ1) is 12.5. The van der Waals surface area contributed by atoms with Crippen molar-refractivity contribution in [2.45, 2.75) is 18.4 Å². The normalized spacial score (nSPS) is 31.2. The molecule has 0 spiro atoms. The van der Waals surface area contributed by atoms with Crippen molar-refractivity contribution in [3.05, 3.63) is 22.7 Å². The number of hydrogen-bond donors (Lipinski definition) is 3. The maximum Gasteiger partial charge on any atom is 0.351 e. The Labute approximate surface area is 102 Å². The minimum Gasteiger partial charge on any atom is -0.394 e. The number of rotatable bonds is 2. The number of nitrogen functional groups attached to an aromatic ring is 1. The van der Waals surface area contributed by atoms with E-state index < -0.39 is 36.7 Å². The molecule has 0 aliphatic carbocycles. The van der Waals surface area contributed by atoms with Crippen LogP contribution in [0, 0.1) is 17.2 Å². The molecule has 18 heavy (non-hydrogen) atoms. The number of nitrogens with two attached hydrogens (primary N) is 1. The van der Waals surface area contributed by atoms with Gasteiger partial charge >= 0.3 is 5.69 Å². The van der Waals surface area contributed by atoms with Crippen LogP contribution in [0.25, 0.3) is 0 Å². The number of nitriles is 1. The van der Waals surface area contributed by atoms with E-state index in [0.29, 0.717) is 0 Å². The molecule has 8 heteroatoms. The number of aliphatic hydroxyl groups excluding tert-OH is 2. The molecular formula is C10H12N4O4. The largest absolute Gasteiger partial charge is 0.394 e. The van der Waals surface area contributed by atoms with Gasteiger partial charge in [0, 0.05) is 6.20 Å². The first-order valence-electron chi connectivity index (χ1n) is 5.27. The topological polar surface area (TPSA) is 134 Å². The SMILES string of the molecule is N#CC1C(CO)OC(n2ccc(N)nc2=O)C1O.